The topological polar surface area (TPSA) is 119 Å². The van der Waals surface area contributed by atoms with Gasteiger partial charge in [0, 0.05) is 62.1 Å². The summed E-state index contributed by atoms with van der Waals surface area (Å²) >= 11 is 6.17. The molecule has 0 aliphatic rings. The summed E-state index contributed by atoms with van der Waals surface area (Å²) in [5, 5.41) is 18.2. The van der Waals surface area contributed by atoms with Gasteiger partial charge in [-0.3, -0.25) is 9.59 Å². The van der Waals surface area contributed by atoms with E-state index < -0.39 is 0 Å². The highest BCUT2D eigenvalue weighted by atomic mass is 127. The summed E-state index contributed by atoms with van der Waals surface area (Å²) in [5.41, 5.74) is 7.62. The molecule has 170 valence electrons. The molecule has 0 bridgehead atoms. The number of aliphatic hydroxyl groups excluding tert-OH is 2. The summed E-state index contributed by atoms with van der Waals surface area (Å²) < 4.78 is 12.5. The molecule has 0 fully saturated rings. The van der Waals surface area contributed by atoms with Crippen LogP contribution in [0.3, 0.4) is 0 Å². The molecule has 0 aromatic heterocycles. The van der Waals surface area contributed by atoms with Crippen LogP contribution >= 0.6 is 67.8 Å². The van der Waals surface area contributed by atoms with E-state index in [1.54, 1.807) is 14.2 Å². The molecule has 0 radical (unpaired) electrons. The molecule has 2 unspecified atom stereocenters. The van der Waals surface area contributed by atoms with Gasteiger partial charge in [-0.15, -0.1) is 0 Å². The Balaban J connectivity index is 3.14. The number of benzene rings is 1. The van der Waals surface area contributed by atoms with Crippen LogP contribution in [0.5, 0.6) is 0 Å². The Kier molecular flexibility index (Phi) is 13.8. The van der Waals surface area contributed by atoms with Crippen molar-refractivity contribution >= 4 is 85.0 Å². The number of methoxy groups -OCH3 is 2. The molecule has 4 N–H and O–H groups in total. The number of anilines is 1. The molecule has 10 heteroatoms. The largest absolute Gasteiger partial charge is 0.397 e. The smallest absolute Gasteiger partial charge is 0.165 e. The third-order valence-electron chi connectivity index (χ3n) is 4.86. The van der Waals surface area contributed by atoms with E-state index in [0.717, 1.165) is 0 Å². The van der Waals surface area contributed by atoms with Crippen LogP contribution < -0.4 is 5.73 Å². The first kappa shape index (κ1) is 28.4. The number of ketones is 2. The Hall–Kier alpha value is 0.390. The van der Waals surface area contributed by atoms with Gasteiger partial charge < -0.3 is 25.4 Å². The molecule has 0 aliphatic heterocycles. The van der Waals surface area contributed by atoms with Crippen molar-refractivity contribution in [2.24, 2.45) is 0 Å². The lowest BCUT2D eigenvalue weighted by Crippen LogP contribution is -2.19. The van der Waals surface area contributed by atoms with Crippen LogP contribution in [0.4, 0.5) is 5.69 Å². The van der Waals surface area contributed by atoms with E-state index >= 15 is 0 Å². The zero-order chi connectivity index (χ0) is 22.8. The molecular weight excluding hydrogens is 731 g/mol. The lowest BCUT2D eigenvalue weighted by atomic mass is 9.97. The van der Waals surface area contributed by atoms with Crippen LogP contribution in [0.15, 0.2) is 0 Å². The van der Waals surface area contributed by atoms with Crippen LogP contribution in [0.1, 0.15) is 59.2 Å². The Bertz CT molecular complexity index is 687. The molecule has 0 aliphatic carbocycles. The lowest BCUT2D eigenvalue weighted by molar-refractivity contribution is 0.0652. The normalized spacial score (nSPS) is 13.3. The number of Topliss-reactive ketones (excluding diaryl/α,β-unsaturated/α-hetero) is 2. The molecule has 0 amide bonds. The van der Waals surface area contributed by atoms with Gasteiger partial charge in [-0.2, -0.15) is 0 Å². The fourth-order valence-corrected chi connectivity index (χ4v) is 7.42. The molecule has 7 nitrogen and oxygen atoms in total. The minimum atomic E-state index is -0.200. The van der Waals surface area contributed by atoms with Crippen molar-refractivity contribution in [1.82, 2.24) is 0 Å². The molecule has 1 aromatic rings. The van der Waals surface area contributed by atoms with E-state index in [4.69, 9.17) is 25.4 Å². The highest BCUT2D eigenvalue weighted by molar-refractivity contribution is 14.1. The van der Waals surface area contributed by atoms with Crippen molar-refractivity contribution in [1.29, 1.82) is 0 Å². The lowest BCUT2D eigenvalue weighted by Gasteiger charge is -2.18. The SMILES string of the molecule is COC(CCO)CCC(=O)c1c(I)c(N)c(I)c(C(=O)CCC(CCO)OC)c1I. The molecule has 1 rings (SSSR count). The maximum absolute atomic E-state index is 13.0. The van der Waals surface area contributed by atoms with E-state index in [0.29, 0.717) is 53.2 Å². The number of nitrogens with two attached hydrogens (primary N) is 1. The summed E-state index contributed by atoms with van der Waals surface area (Å²) in [5.74, 6) is -0.202. The fourth-order valence-electron chi connectivity index (χ4n) is 3.06. The van der Waals surface area contributed by atoms with Gasteiger partial charge in [0.25, 0.3) is 0 Å². The molecule has 30 heavy (non-hydrogen) atoms. The first-order valence-corrected chi connectivity index (χ1v) is 12.8. The standard InChI is InChI=1S/C20H28I3NO6/c1-29-11(7-9-25)3-5-13(27)15-17(21)16(19(23)20(24)18(15)22)14(28)6-4-12(30-2)8-10-26/h11-12,25-26H,3-10,24H2,1-2H3. The Morgan fingerprint density at radius 1 is 0.800 bits per heavy atom. The highest BCUT2D eigenvalue weighted by Crippen LogP contribution is 2.35. The maximum Gasteiger partial charge on any atom is 0.165 e. The molecule has 1 aromatic carbocycles. The number of rotatable bonds is 14. The van der Waals surface area contributed by atoms with Gasteiger partial charge in [0.05, 0.1) is 17.9 Å². The van der Waals surface area contributed by atoms with Gasteiger partial charge in [0.1, 0.15) is 0 Å². The third-order valence-corrected chi connectivity index (χ3v) is 8.18. The molecular formula is C20H28I3NO6. The maximum atomic E-state index is 13.0. The first-order chi connectivity index (χ1) is 14.2. The Morgan fingerprint density at radius 3 is 1.47 bits per heavy atom. The van der Waals surface area contributed by atoms with Crippen molar-refractivity contribution in [2.45, 2.75) is 50.7 Å². The number of hydrogen-bond acceptors (Lipinski definition) is 7. The predicted octanol–water partition coefficient (Wildman–Crippen LogP) is 3.80. The van der Waals surface area contributed by atoms with Crippen molar-refractivity contribution in [3.05, 3.63) is 21.8 Å². The molecule has 0 saturated heterocycles. The fraction of sp³-hybridized carbons (Fsp3) is 0.600. The number of carbonyl (C=O) groups is 2. The van der Waals surface area contributed by atoms with Crippen LogP contribution in [-0.2, 0) is 9.47 Å². The summed E-state index contributed by atoms with van der Waals surface area (Å²) in [4.78, 5) is 26.0. The van der Waals surface area contributed by atoms with Crippen molar-refractivity contribution in [3.8, 4) is 0 Å². The zero-order valence-electron chi connectivity index (χ0n) is 17.1. The second kappa shape index (κ2) is 14.5. The number of carbonyl (C=O) groups excluding carboxylic acids is 2. The minimum Gasteiger partial charge on any atom is -0.397 e. The molecule has 2 atom stereocenters. The average molecular weight is 759 g/mol. The summed E-state index contributed by atoms with van der Waals surface area (Å²) in [7, 11) is 3.12. The molecule has 0 saturated carbocycles. The second-order valence-electron chi connectivity index (χ2n) is 6.77. The van der Waals surface area contributed by atoms with Gasteiger partial charge in [0.15, 0.2) is 11.6 Å². The van der Waals surface area contributed by atoms with Crippen molar-refractivity contribution in [2.75, 3.05) is 33.2 Å². The average Bonchev–Trinajstić information content (AvgIpc) is 2.72. The van der Waals surface area contributed by atoms with Crippen LogP contribution in [0.2, 0.25) is 0 Å². The highest BCUT2D eigenvalue weighted by Gasteiger charge is 2.27. The quantitative estimate of drug-likeness (QED) is 0.150. The van der Waals surface area contributed by atoms with Crippen molar-refractivity contribution < 1.29 is 29.3 Å². The summed E-state index contributed by atoms with van der Waals surface area (Å²) in [6.45, 7) is -0.00864. The van der Waals surface area contributed by atoms with E-state index in [1.165, 1.54) is 0 Å². The predicted molar refractivity (Wildman–Crippen MR) is 141 cm³/mol. The van der Waals surface area contributed by atoms with E-state index in [-0.39, 0.29) is 49.8 Å². The third kappa shape index (κ3) is 7.76. The van der Waals surface area contributed by atoms with Gasteiger partial charge in [-0.05, 0) is 93.5 Å². The Morgan fingerprint density at radius 2 is 1.17 bits per heavy atom. The van der Waals surface area contributed by atoms with Gasteiger partial charge in [-0.25, -0.2) is 0 Å². The van der Waals surface area contributed by atoms with Crippen LogP contribution in [0, 0.1) is 10.7 Å². The molecule has 0 spiro atoms. The first-order valence-electron chi connectivity index (χ1n) is 9.52. The minimum absolute atomic E-state index is 0.00432. The van der Waals surface area contributed by atoms with E-state index in [1.807, 2.05) is 0 Å². The molecule has 0 heterocycles. The number of halogens is 3. The monoisotopic (exact) mass is 759 g/mol. The zero-order valence-corrected chi connectivity index (χ0v) is 23.5. The summed E-state index contributed by atoms with van der Waals surface area (Å²) in [6, 6.07) is 0. The van der Waals surface area contributed by atoms with Crippen molar-refractivity contribution in [3.63, 3.8) is 0 Å². The van der Waals surface area contributed by atoms with Crippen LogP contribution in [0.25, 0.3) is 0 Å². The second-order valence-corrected chi connectivity index (χ2v) is 10.0. The van der Waals surface area contributed by atoms with Gasteiger partial charge in [0.2, 0.25) is 0 Å². The summed E-state index contributed by atoms with van der Waals surface area (Å²) in [6.07, 6.45) is 1.96. The van der Waals surface area contributed by atoms with E-state index in [9.17, 15) is 9.59 Å². The van der Waals surface area contributed by atoms with Crippen LogP contribution in [-0.4, -0.2) is 61.4 Å². The number of ether oxygens (including phenoxy) is 2. The number of aliphatic hydroxyl groups is 2. The van der Waals surface area contributed by atoms with E-state index in [2.05, 4.69) is 67.8 Å². The number of nitrogen functional groups attached to an aromatic ring is 1. The van der Waals surface area contributed by atoms with Gasteiger partial charge in [-0.1, -0.05) is 0 Å². The van der Waals surface area contributed by atoms with Gasteiger partial charge >= 0.3 is 0 Å². The number of hydrogen-bond donors (Lipinski definition) is 3. The Labute approximate surface area is 218 Å².